The second-order valence-corrected chi connectivity index (χ2v) is 7.24. The lowest BCUT2D eigenvalue weighted by Gasteiger charge is -2.23. The lowest BCUT2D eigenvalue weighted by atomic mass is 10.1. The normalized spacial score (nSPS) is 19.8. The molecule has 5 heteroatoms. The van der Waals surface area contributed by atoms with Crippen LogP contribution in [0.1, 0.15) is 30.1 Å². The van der Waals surface area contributed by atoms with Gasteiger partial charge in [0.2, 0.25) is 10.0 Å². The number of benzene rings is 1. The summed E-state index contributed by atoms with van der Waals surface area (Å²) in [6.45, 7) is 2.46. The van der Waals surface area contributed by atoms with Gasteiger partial charge in [-0.3, -0.25) is 4.98 Å². The van der Waals surface area contributed by atoms with Crippen molar-refractivity contribution >= 4 is 10.0 Å². The van der Waals surface area contributed by atoms with Crippen LogP contribution < -0.4 is 0 Å². The highest BCUT2D eigenvalue weighted by Gasteiger charge is 2.36. The van der Waals surface area contributed by atoms with Crippen LogP contribution in [0.5, 0.6) is 0 Å². The lowest BCUT2D eigenvalue weighted by Crippen LogP contribution is -2.31. The quantitative estimate of drug-likeness (QED) is 0.876. The minimum atomic E-state index is -3.47. The summed E-state index contributed by atoms with van der Waals surface area (Å²) in [5, 5.41) is 0. The van der Waals surface area contributed by atoms with E-state index in [0.29, 0.717) is 11.4 Å². The van der Waals surface area contributed by atoms with Crippen LogP contribution in [-0.2, 0) is 10.0 Å². The van der Waals surface area contributed by atoms with Crippen molar-refractivity contribution in [3.8, 4) is 0 Å². The highest BCUT2D eigenvalue weighted by Crippen LogP contribution is 2.35. The Morgan fingerprint density at radius 1 is 1.19 bits per heavy atom. The van der Waals surface area contributed by atoms with Gasteiger partial charge in [-0.15, -0.1) is 0 Å². The second kappa shape index (κ2) is 5.58. The maximum atomic E-state index is 12.9. The number of sulfonamides is 1. The molecule has 1 aromatic heterocycles. The van der Waals surface area contributed by atoms with E-state index in [2.05, 4.69) is 4.98 Å². The lowest BCUT2D eigenvalue weighted by molar-refractivity contribution is 0.390. The number of pyridine rings is 1. The molecule has 2 heterocycles. The van der Waals surface area contributed by atoms with Crippen molar-refractivity contribution in [1.82, 2.24) is 9.29 Å². The van der Waals surface area contributed by atoms with Crippen LogP contribution in [0.25, 0.3) is 0 Å². The Morgan fingerprint density at radius 3 is 2.76 bits per heavy atom. The highest BCUT2D eigenvalue weighted by molar-refractivity contribution is 7.89. The third-order valence-corrected chi connectivity index (χ3v) is 5.73. The predicted octanol–water partition coefficient (Wildman–Crippen LogP) is 2.92. The van der Waals surface area contributed by atoms with Gasteiger partial charge in [0.15, 0.2) is 0 Å². The molecule has 21 heavy (non-hydrogen) atoms. The Bertz CT molecular complexity index is 729. The van der Waals surface area contributed by atoms with Gasteiger partial charge in [0.25, 0.3) is 0 Å². The molecular formula is C16H18N2O2S. The molecule has 1 unspecified atom stereocenters. The second-order valence-electron chi connectivity index (χ2n) is 5.34. The molecule has 110 valence electrons. The maximum absolute atomic E-state index is 12.9. The first-order chi connectivity index (χ1) is 10.1. The summed E-state index contributed by atoms with van der Waals surface area (Å²) < 4.78 is 27.3. The van der Waals surface area contributed by atoms with Crippen molar-refractivity contribution in [2.24, 2.45) is 0 Å². The van der Waals surface area contributed by atoms with Gasteiger partial charge in [-0.05, 0) is 49.6 Å². The summed E-state index contributed by atoms with van der Waals surface area (Å²) in [7, 11) is -3.47. The molecule has 4 nitrogen and oxygen atoms in total. The summed E-state index contributed by atoms with van der Waals surface area (Å²) in [6.07, 6.45) is 3.40. The monoisotopic (exact) mass is 302 g/mol. The number of aromatic nitrogens is 1. The molecule has 1 atom stereocenters. The Kier molecular flexibility index (Phi) is 3.78. The molecule has 0 spiro atoms. The molecule has 0 aliphatic carbocycles. The van der Waals surface area contributed by atoms with Crippen LogP contribution in [0, 0.1) is 6.92 Å². The molecule has 1 aliphatic rings. The maximum Gasteiger partial charge on any atom is 0.243 e. The number of nitrogens with zero attached hydrogens (tertiary/aromatic N) is 2. The van der Waals surface area contributed by atoms with Crippen LogP contribution >= 0.6 is 0 Å². The van der Waals surface area contributed by atoms with Crippen LogP contribution in [-0.4, -0.2) is 24.3 Å². The molecule has 3 rings (SSSR count). The molecule has 1 fully saturated rings. The molecule has 0 saturated carbocycles. The van der Waals surface area contributed by atoms with E-state index >= 15 is 0 Å². The average Bonchev–Trinajstić information content (AvgIpc) is 2.98. The van der Waals surface area contributed by atoms with E-state index in [1.165, 1.54) is 0 Å². The average molecular weight is 302 g/mol. The molecule has 1 saturated heterocycles. The smallest absolute Gasteiger partial charge is 0.243 e. The van der Waals surface area contributed by atoms with E-state index < -0.39 is 10.0 Å². The number of hydrogen-bond donors (Lipinski definition) is 0. The Balaban J connectivity index is 1.98. The summed E-state index contributed by atoms with van der Waals surface area (Å²) in [4.78, 5) is 4.70. The Morgan fingerprint density at radius 2 is 2.05 bits per heavy atom. The zero-order valence-electron chi connectivity index (χ0n) is 11.9. The minimum absolute atomic E-state index is 0.156. The van der Waals surface area contributed by atoms with E-state index in [1.807, 2.05) is 31.2 Å². The SMILES string of the molecule is Cc1cccc(S(=O)(=O)N2CCCC2c2ccccn2)c1. The minimum Gasteiger partial charge on any atom is -0.260 e. The fourth-order valence-electron chi connectivity index (χ4n) is 2.81. The van der Waals surface area contributed by atoms with E-state index in [1.54, 1.807) is 28.7 Å². The Hall–Kier alpha value is -1.72. The van der Waals surface area contributed by atoms with Crippen LogP contribution in [0.15, 0.2) is 53.6 Å². The fourth-order valence-corrected chi connectivity index (χ4v) is 4.58. The molecule has 0 radical (unpaired) electrons. The molecule has 1 aliphatic heterocycles. The summed E-state index contributed by atoms with van der Waals surface area (Å²) >= 11 is 0. The van der Waals surface area contributed by atoms with Crippen LogP contribution in [0.4, 0.5) is 0 Å². The van der Waals surface area contributed by atoms with Gasteiger partial charge < -0.3 is 0 Å². The van der Waals surface area contributed by atoms with Gasteiger partial charge in [-0.1, -0.05) is 18.2 Å². The first kappa shape index (κ1) is 14.2. The standard InChI is InChI=1S/C16H18N2O2S/c1-13-6-4-7-14(12-13)21(19,20)18-11-5-9-16(18)15-8-2-3-10-17-15/h2-4,6-8,10,12,16H,5,9,11H2,1H3. The first-order valence-corrected chi connectivity index (χ1v) is 8.52. The highest BCUT2D eigenvalue weighted by atomic mass is 32.2. The van der Waals surface area contributed by atoms with Crippen molar-refractivity contribution in [1.29, 1.82) is 0 Å². The van der Waals surface area contributed by atoms with Gasteiger partial charge in [-0.2, -0.15) is 4.31 Å². The fraction of sp³-hybridized carbons (Fsp3) is 0.312. The predicted molar refractivity (Wildman–Crippen MR) is 81.3 cm³/mol. The zero-order valence-corrected chi connectivity index (χ0v) is 12.8. The topological polar surface area (TPSA) is 50.3 Å². The first-order valence-electron chi connectivity index (χ1n) is 7.08. The van der Waals surface area contributed by atoms with E-state index in [-0.39, 0.29) is 6.04 Å². The molecule has 1 aromatic carbocycles. The van der Waals surface area contributed by atoms with Crippen molar-refractivity contribution in [2.45, 2.75) is 30.7 Å². The number of aryl methyl sites for hydroxylation is 1. The zero-order chi connectivity index (χ0) is 14.9. The van der Waals surface area contributed by atoms with Crippen molar-refractivity contribution in [3.63, 3.8) is 0 Å². The molecular weight excluding hydrogens is 284 g/mol. The van der Waals surface area contributed by atoms with Gasteiger partial charge in [0, 0.05) is 12.7 Å². The van der Waals surface area contributed by atoms with Gasteiger partial charge in [0.1, 0.15) is 0 Å². The van der Waals surface area contributed by atoms with Crippen LogP contribution in [0.2, 0.25) is 0 Å². The van der Waals surface area contributed by atoms with E-state index in [4.69, 9.17) is 0 Å². The van der Waals surface area contributed by atoms with Gasteiger partial charge in [-0.25, -0.2) is 8.42 Å². The van der Waals surface area contributed by atoms with Crippen molar-refractivity contribution in [3.05, 3.63) is 59.9 Å². The molecule has 0 N–H and O–H groups in total. The summed E-state index contributed by atoms with van der Waals surface area (Å²) in [5.74, 6) is 0. The van der Waals surface area contributed by atoms with Crippen molar-refractivity contribution in [2.75, 3.05) is 6.54 Å². The third kappa shape index (κ3) is 2.71. The molecule has 0 amide bonds. The van der Waals surface area contributed by atoms with E-state index in [9.17, 15) is 8.42 Å². The largest absolute Gasteiger partial charge is 0.260 e. The number of hydrogen-bond acceptors (Lipinski definition) is 3. The van der Waals surface area contributed by atoms with E-state index in [0.717, 1.165) is 24.1 Å². The third-order valence-electron chi connectivity index (χ3n) is 3.83. The van der Waals surface area contributed by atoms with Crippen LogP contribution in [0.3, 0.4) is 0 Å². The van der Waals surface area contributed by atoms with Crippen molar-refractivity contribution < 1.29 is 8.42 Å². The van der Waals surface area contributed by atoms with Gasteiger partial charge in [0.05, 0.1) is 16.6 Å². The number of rotatable bonds is 3. The molecule has 0 bridgehead atoms. The van der Waals surface area contributed by atoms with Gasteiger partial charge >= 0.3 is 0 Å². The Labute approximate surface area is 125 Å². The molecule has 2 aromatic rings. The summed E-state index contributed by atoms with van der Waals surface area (Å²) in [5.41, 5.74) is 1.77. The summed E-state index contributed by atoms with van der Waals surface area (Å²) in [6, 6.07) is 12.6.